The van der Waals surface area contributed by atoms with Crippen LogP contribution in [0.1, 0.15) is 19.8 Å². The standard InChI is InChI=1S/C14H16N2O3/c1-3-6-13(17)15-11-9-16(19-2)12-8-5-4-7-10(12)14(11)18/h4-5,7-9H,3,6H2,1-2H3,(H,15,17). The average molecular weight is 260 g/mol. The van der Waals surface area contributed by atoms with E-state index < -0.39 is 0 Å². The minimum atomic E-state index is -0.201. The first-order chi connectivity index (χ1) is 9.17. The molecule has 0 spiro atoms. The molecule has 1 aromatic heterocycles. The Bertz CT molecular complexity index is 661. The molecule has 2 aromatic rings. The summed E-state index contributed by atoms with van der Waals surface area (Å²) in [6.07, 6.45) is 2.62. The van der Waals surface area contributed by atoms with Crippen molar-refractivity contribution in [2.45, 2.75) is 19.8 Å². The molecule has 100 valence electrons. The molecule has 1 heterocycles. The second-order valence-electron chi connectivity index (χ2n) is 4.20. The van der Waals surface area contributed by atoms with Crippen molar-refractivity contribution in [2.24, 2.45) is 0 Å². The number of carbonyl (C=O) groups is 1. The van der Waals surface area contributed by atoms with Gasteiger partial charge < -0.3 is 10.2 Å². The average Bonchev–Trinajstić information content (AvgIpc) is 2.42. The van der Waals surface area contributed by atoms with E-state index >= 15 is 0 Å². The molecule has 0 bridgehead atoms. The Labute approximate surface area is 110 Å². The SMILES string of the molecule is CCCC(=O)Nc1cn(OC)c2ccccc2c1=O. The third-order valence-electron chi connectivity index (χ3n) is 2.82. The number of hydrogen-bond acceptors (Lipinski definition) is 3. The van der Waals surface area contributed by atoms with E-state index in [4.69, 9.17) is 4.84 Å². The number of aromatic nitrogens is 1. The molecule has 0 fully saturated rings. The highest BCUT2D eigenvalue weighted by atomic mass is 16.6. The summed E-state index contributed by atoms with van der Waals surface area (Å²) in [7, 11) is 1.51. The van der Waals surface area contributed by atoms with Crippen LogP contribution in [-0.4, -0.2) is 17.7 Å². The highest BCUT2D eigenvalue weighted by molar-refractivity contribution is 5.93. The minimum Gasteiger partial charge on any atom is -0.417 e. The van der Waals surface area contributed by atoms with E-state index in [9.17, 15) is 9.59 Å². The van der Waals surface area contributed by atoms with Crippen LogP contribution in [-0.2, 0) is 4.79 Å². The van der Waals surface area contributed by atoms with Gasteiger partial charge in [-0.3, -0.25) is 9.59 Å². The van der Waals surface area contributed by atoms with Crippen LogP contribution in [0.2, 0.25) is 0 Å². The summed E-state index contributed by atoms with van der Waals surface area (Å²) >= 11 is 0. The fourth-order valence-electron chi connectivity index (χ4n) is 1.93. The molecule has 1 N–H and O–H groups in total. The minimum absolute atomic E-state index is 0.169. The van der Waals surface area contributed by atoms with Gasteiger partial charge in [-0.1, -0.05) is 19.1 Å². The number of carbonyl (C=O) groups excluding carboxylic acids is 1. The van der Waals surface area contributed by atoms with Crippen molar-refractivity contribution >= 4 is 22.5 Å². The van der Waals surface area contributed by atoms with Gasteiger partial charge in [-0.05, 0) is 18.6 Å². The number of fused-ring (bicyclic) bond motifs is 1. The molecular formula is C14H16N2O3. The van der Waals surface area contributed by atoms with E-state index in [1.807, 2.05) is 13.0 Å². The molecule has 0 saturated carbocycles. The van der Waals surface area contributed by atoms with Gasteiger partial charge in [0.25, 0.3) is 0 Å². The summed E-state index contributed by atoms with van der Waals surface area (Å²) in [5.74, 6) is -0.169. The summed E-state index contributed by atoms with van der Waals surface area (Å²) in [5.41, 5.74) is 0.704. The Morgan fingerprint density at radius 2 is 2.11 bits per heavy atom. The Morgan fingerprint density at radius 3 is 2.79 bits per heavy atom. The zero-order chi connectivity index (χ0) is 13.8. The fourth-order valence-corrected chi connectivity index (χ4v) is 1.93. The summed E-state index contributed by atoms with van der Waals surface area (Å²) in [4.78, 5) is 29.0. The number of pyridine rings is 1. The van der Waals surface area contributed by atoms with Crippen molar-refractivity contribution in [3.8, 4) is 0 Å². The van der Waals surface area contributed by atoms with Crippen molar-refractivity contribution in [3.05, 3.63) is 40.7 Å². The number of benzene rings is 1. The van der Waals surface area contributed by atoms with Crippen LogP contribution in [0.4, 0.5) is 5.69 Å². The summed E-state index contributed by atoms with van der Waals surface area (Å²) in [5, 5.41) is 3.14. The van der Waals surface area contributed by atoms with Crippen molar-refractivity contribution < 1.29 is 9.63 Å². The van der Waals surface area contributed by atoms with E-state index in [1.165, 1.54) is 18.0 Å². The number of para-hydroxylation sites is 1. The van der Waals surface area contributed by atoms with Gasteiger partial charge in [0, 0.05) is 6.42 Å². The maximum absolute atomic E-state index is 12.3. The monoisotopic (exact) mass is 260 g/mol. The molecule has 0 aliphatic heterocycles. The molecule has 2 rings (SSSR count). The number of nitrogens with one attached hydrogen (secondary N) is 1. The molecule has 5 nitrogen and oxygen atoms in total. The van der Waals surface area contributed by atoms with Crippen LogP contribution in [0.3, 0.4) is 0 Å². The van der Waals surface area contributed by atoms with Crippen LogP contribution in [0.5, 0.6) is 0 Å². The third kappa shape index (κ3) is 2.59. The first-order valence-corrected chi connectivity index (χ1v) is 6.16. The lowest BCUT2D eigenvalue weighted by atomic mass is 10.2. The number of hydrogen-bond donors (Lipinski definition) is 1. The third-order valence-corrected chi connectivity index (χ3v) is 2.82. The molecule has 0 radical (unpaired) electrons. The smallest absolute Gasteiger partial charge is 0.224 e. The first kappa shape index (κ1) is 13.1. The zero-order valence-corrected chi connectivity index (χ0v) is 11.0. The van der Waals surface area contributed by atoms with Gasteiger partial charge in [-0.2, -0.15) is 4.73 Å². The molecule has 0 aliphatic rings. The zero-order valence-electron chi connectivity index (χ0n) is 11.0. The van der Waals surface area contributed by atoms with Gasteiger partial charge in [0.2, 0.25) is 11.3 Å². The van der Waals surface area contributed by atoms with Gasteiger partial charge >= 0.3 is 0 Å². The lowest BCUT2D eigenvalue weighted by molar-refractivity contribution is -0.116. The predicted octanol–water partition coefficient (Wildman–Crippen LogP) is 1.80. The molecule has 1 amide bonds. The van der Waals surface area contributed by atoms with Crippen molar-refractivity contribution in [3.63, 3.8) is 0 Å². The van der Waals surface area contributed by atoms with Crippen LogP contribution in [0, 0.1) is 0 Å². The van der Waals surface area contributed by atoms with E-state index in [1.54, 1.807) is 18.2 Å². The molecule has 1 aromatic carbocycles. The number of amides is 1. The topological polar surface area (TPSA) is 60.3 Å². The molecule has 0 aliphatic carbocycles. The second kappa shape index (κ2) is 5.56. The lowest BCUT2D eigenvalue weighted by Gasteiger charge is -2.12. The Hall–Kier alpha value is -2.30. The summed E-state index contributed by atoms with van der Waals surface area (Å²) in [6.45, 7) is 1.91. The van der Waals surface area contributed by atoms with E-state index in [0.717, 1.165) is 6.42 Å². The number of nitrogens with zero attached hydrogens (tertiary/aromatic N) is 1. The lowest BCUT2D eigenvalue weighted by Crippen LogP contribution is -2.21. The van der Waals surface area contributed by atoms with Crippen LogP contribution in [0.15, 0.2) is 35.3 Å². The van der Waals surface area contributed by atoms with Gasteiger partial charge in [0.15, 0.2) is 0 Å². The van der Waals surface area contributed by atoms with Crippen LogP contribution < -0.4 is 15.6 Å². The van der Waals surface area contributed by atoms with Gasteiger partial charge in [0.1, 0.15) is 12.8 Å². The quantitative estimate of drug-likeness (QED) is 0.911. The van der Waals surface area contributed by atoms with Gasteiger partial charge in [-0.15, -0.1) is 0 Å². The molecular weight excluding hydrogens is 244 g/mol. The largest absolute Gasteiger partial charge is 0.417 e. The summed E-state index contributed by atoms with van der Waals surface area (Å²) in [6, 6.07) is 7.11. The summed E-state index contributed by atoms with van der Waals surface area (Å²) < 4.78 is 1.47. The first-order valence-electron chi connectivity index (χ1n) is 6.16. The Balaban J connectivity index is 2.53. The Morgan fingerprint density at radius 1 is 1.37 bits per heavy atom. The van der Waals surface area contributed by atoms with Crippen LogP contribution in [0.25, 0.3) is 10.9 Å². The maximum atomic E-state index is 12.3. The number of rotatable bonds is 4. The fraction of sp³-hybridized carbons (Fsp3) is 0.286. The Kier molecular flexibility index (Phi) is 3.85. The number of anilines is 1. The highest BCUT2D eigenvalue weighted by Gasteiger charge is 2.11. The maximum Gasteiger partial charge on any atom is 0.224 e. The van der Waals surface area contributed by atoms with Crippen LogP contribution >= 0.6 is 0 Å². The van der Waals surface area contributed by atoms with Crippen molar-refractivity contribution in [1.82, 2.24) is 4.73 Å². The normalized spacial score (nSPS) is 10.4. The molecule has 5 heteroatoms. The van der Waals surface area contributed by atoms with Crippen molar-refractivity contribution in [1.29, 1.82) is 0 Å². The molecule has 0 saturated heterocycles. The second-order valence-corrected chi connectivity index (χ2v) is 4.20. The van der Waals surface area contributed by atoms with Gasteiger partial charge in [-0.25, -0.2) is 0 Å². The van der Waals surface area contributed by atoms with Gasteiger partial charge in [0.05, 0.1) is 17.1 Å². The molecule has 0 atom stereocenters. The molecule has 19 heavy (non-hydrogen) atoms. The molecule has 0 unspecified atom stereocenters. The van der Waals surface area contributed by atoms with Crippen molar-refractivity contribution in [2.75, 3.05) is 12.4 Å². The predicted molar refractivity (Wildman–Crippen MR) is 74.2 cm³/mol. The van der Waals surface area contributed by atoms with E-state index in [2.05, 4.69) is 5.32 Å². The van der Waals surface area contributed by atoms with E-state index in [0.29, 0.717) is 17.3 Å². The highest BCUT2D eigenvalue weighted by Crippen LogP contribution is 2.13. The van der Waals surface area contributed by atoms with E-state index in [-0.39, 0.29) is 17.0 Å².